The summed E-state index contributed by atoms with van der Waals surface area (Å²) in [6, 6.07) is 0. The summed E-state index contributed by atoms with van der Waals surface area (Å²) in [6.07, 6.45) is 7.75. The molecule has 0 aromatic carbocycles. The predicted octanol–water partition coefficient (Wildman–Crippen LogP) is 6.94. The number of hydrogen-bond acceptors (Lipinski definition) is 7. The van der Waals surface area contributed by atoms with Crippen LogP contribution in [-0.2, 0) is 31.3 Å². The summed E-state index contributed by atoms with van der Waals surface area (Å²) in [5.74, 6) is 0. The van der Waals surface area contributed by atoms with Crippen LogP contribution in [0.4, 0.5) is 0 Å². The van der Waals surface area contributed by atoms with Crippen molar-refractivity contribution in [1.29, 1.82) is 0 Å². The highest BCUT2D eigenvalue weighted by atomic mass is 28.5. The molecule has 0 aliphatic rings. The van der Waals surface area contributed by atoms with Gasteiger partial charge in [-0.15, -0.1) is 0 Å². The summed E-state index contributed by atoms with van der Waals surface area (Å²) in [7, 11) is -5.06. The summed E-state index contributed by atoms with van der Waals surface area (Å²) in [5, 5.41) is 0. The van der Waals surface area contributed by atoms with E-state index >= 15 is 0 Å². The van der Waals surface area contributed by atoms with Crippen molar-refractivity contribution in [2.45, 2.75) is 117 Å². The third kappa shape index (κ3) is 11.6. The van der Waals surface area contributed by atoms with Crippen molar-refractivity contribution in [2.24, 2.45) is 0 Å². The minimum Gasteiger partial charge on any atom is -0.412 e. The fourth-order valence-corrected chi connectivity index (χ4v) is 17.8. The predicted molar refractivity (Wildman–Crippen MR) is 156 cm³/mol. The third-order valence-corrected chi connectivity index (χ3v) is 20.9. The first-order valence-corrected chi connectivity index (χ1v) is 20.6. The van der Waals surface area contributed by atoms with Gasteiger partial charge < -0.3 is 31.3 Å². The molecule has 0 spiro atoms. The van der Waals surface area contributed by atoms with Gasteiger partial charge >= 0.3 is 25.7 Å². The fourth-order valence-electron chi connectivity index (χ4n) is 3.75. The molecule has 0 radical (unpaired) electrons. The second kappa shape index (κ2) is 19.4. The second-order valence-electron chi connectivity index (χ2n) is 10.7. The van der Waals surface area contributed by atoms with Crippen LogP contribution < -0.4 is 0 Å². The van der Waals surface area contributed by atoms with Crippen LogP contribution in [0.25, 0.3) is 0 Å². The Bertz CT molecular complexity index is 506. The van der Waals surface area contributed by atoms with Crippen LogP contribution in [0.3, 0.4) is 0 Å². The van der Waals surface area contributed by atoms with Crippen LogP contribution in [0.2, 0.25) is 16.6 Å². The standard InChI is InChI=1S/C26H60O7Si3/c1-12-15-18-29-21-34(27-10,24(4)5)32-36(26(8)9,23-31-20-17-14-3)33-35(28-11,25(6)7)22-30-19-16-13-2/h24-26H,12-23H2,1-11H3. The topological polar surface area (TPSA) is 64.6 Å². The third-order valence-electron chi connectivity index (χ3n) is 6.86. The van der Waals surface area contributed by atoms with Crippen molar-refractivity contribution in [2.75, 3.05) is 52.7 Å². The SMILES string of the molecule is CCCCOC[Si](OC)(O[Si](COCCCC)(O[Si](COCCCC)(OC)C(C)C)C(C)C)C(C)C. The van der Waals surface area contributed by atoms with Crippen molar-refractivity contribution in [1.82, 2.24) is 0 Å². The Balaban J connectivity index is 6.34. The van der Waals surface area contributed by atoms with Crippen molar-refractivity contribution < 1.29 is 31.3 Å². The summed E-state index contributed by atoms with van der Waals surface area (Å²) < 4.78 is 45.7. The van der Waals surface area contributed by atoms with Crippen molar-refractivity contribution in [3.63, 3.8) is 0 Å². The summed E-state index contributed by atoms with van der Waals surface area (Å²) in [4.78, 5) is 0. The molecule has 0 N–H and O–H groups in total. The van der Waals surface area contributed by atoms with E-state index in [4.69, 9.17) is 31.3 Å². The maximum absolute atomic E-state index is 7.28. The molecule has 0 fully saturated rings. The highest BCUT2D eigenvalue weighted by Gasteiger charge is 2.58. The Morgan fingerprint density at radius 3 is 0.972 bits per heavy atom. The van der Waals surface area contributed by atoms with Gasteiger partial charge in [0, 0.05) is 34.0 Å². The van der Waals surface area contributed by atoms with E-state index in [0.29, 0.717) is 38.5 Å². The molecule has 0 aliphatic heterocycles. The van der Waals surface area contributed by atoms with E-state index in [1.165, 1.54) is 0 Å². The molecule has 0 aromatic heterocycles. The molecule has 0 amide bonds. The number of hydrogen-bond donors (Lipinski definition) is 0. The van der Waals surface area contributed by atoms with Crippen molar-refractivity contribution >= 4 is 25.7 Å². The Morgan fingerprint density at radius 2 is 0.750 bits per heavy atom. The fraction of sp³-hybridized carbons (Fsp3) is 1.00. The van der Waals surface area contributed by atoms with Crippen LogP contribution in [-0.4, -0.2) is 78.4 Å². The van der Waals surface area contributed by atoms with E-state index in [9.17, 15) is 0 Å². The van der Waals surface area contributed by atoms with E-state index in [-0.39, 0.29) is 16.6 Å². The first-order valence-electron chi connectivity index (χ1n) is 14.3. The molecule has 0 rings (SSSR count). The van der Waals surface area contributed by atoms with Gasteiger partial charge in [0.05, 0.1) is 18.7 Å². The summed E-state index contributed by atoms with van der Waals surface area (Å²) in [6.45, 7) is 21.7. The lowest BCUT2D eigenvalue weighted by Crippen LogP contribution is -2.68. The average molecular weight is 569 g/mol. The lowest BCUT2D eigenvalue weighted by atomic mass is 10.4. The normalized spacial score (nSPS) is 17.5. The van der Waals surface area contributed by atoms with Crippen LogP contribution in [0.1, 0.15) is 101 Å². The van der Waals surface area contributed by atoms with Crippen LogP contribution in [0.15, 0.2) is 0 Å². The minimum atomic E-state index is -3.01. The van der Waals surface area contributed by atoms with E-state index in [0.717, 1.165) is 38.5 Å². The molecule has 2 atom stereocenters. The number of ether oxygens (including phenoxy) is 3. The first-order chi connectivity index (χ1) is 17.0. The molecule has 0 aromatic rings. The molecule has 7 nitrogen and oxygen atoms in total. The van der Waals surface area contributed by atoms with Gasteiger partial charge in [-0.3, -0.25) is 0 Å². The largest absolute Gasteiger partial charge is 0.412 e. The van der Waals surface area contributed by atoms with Crippen LogP contribution in [0.5, 0.6) is 0 Å². The Labute approximate surface area is 227 Å². The zero-order chi connectivity index (χ0) is 27.7. The summed E-state index contributed by atoms with van der Waals surface area (Å²) in [5.41, 5.74) is 0.506. The lowest BCUT2D eigenvalue weighted by molar-refractivity contribution is 0.0927. The van der Waals surface area contributed by atoms with Gasteiger partial charge in [-0.2, -0.15) is 0 Å². The molecule has 0 bridgehead atoms. The van der Waals surface area contributed by atoms with E-state index < -0.39 is 25.7 Å². The molecule has 0 saturated carbocycles. The molecule has 2 unspecified atom stereocenters. The van der Waals surface area contributed by atoms with Gasteiger partial charge in [-0.05, 0) is 35.9 Å². The van der Waals surface area contributed by atoms with Gasteiger partial charge in [0.1, 0.15) is 0 Å². The molecule has 0 aliphatic carbocycles. The maximum atomic E-state index is 7.28. The van der Waals surface area contributed by atoms with E-state index in [1.54, 1.807) is 14.2 Å². The van der Waals surface area contributed by atoms with E-state index in [1.807, 2.05) is 0 Å². The Hall–Kier alpha value is 0.371. The van der Waals surface area contributed by atoms with Gasteiger partial charge in [-0.25, -0.2) is 0 Å². The number of rotatable bonds is 24. The molecular formula is C26H60O7Si3. The highest BCUT2D eigenvalue weighted by molar-refractivity contribution is 6.88. The van der Waals surface area contributed by atoms with Crippen LogP contribution in [0, 0.1) is 0 Å². The van der Waals surface area contributed by atoms with Gasteiger partial charge in [0.2, 0.25) is 0 Å². The van der Waals surface area contributed by atoms with Gasteiger partial charge in [0.25, 0.3) is 0 Å². The molecule has 218 valence electrons. The molecular weight excluding hydrogens is 509 g/mol. The smallest absolute Gasteiger partial charge is 0.358 e. The highest BCUT2D eigenvalue weighted by Crippen LogP contribution is 2.38. The minimum absolute atomic E-state index is 0.131. The maximum Gasteiger partial charge on any atom is 0.358 e. The van der Waals surface area contributed by atoms with Gasteiger partial charge in [-0.1, -0.05) is 81.6 Å². The average Bonchev–Trinajstić information content (AvgIpc) is 2.84. The quantitative estimate of drug-likeness (QED) is 0.0923. The van der Waals surface area contributed by atoms with Crippen molar-refractivity contribution in [3.8, 4) is 0 Å². The Morgan fingerprint density at radius 1 is 0.472 bits per heavy atom. The number of unbranched alkanes of at least 4 members (excludes halogenated alkanes) is 3. The summed E-state index contributed by atoms with van der Waals surface area (Å²) >= 11 is 0. The van der Waals surface area contributed by atoms with E-state index in [2.05, 4.69) is 62.3 Å². The molecule has 0 heterocycles. The monoisotopic (exact) mass is 568 g/mol. The molecule has 10 heteroatoms. The van der Waals surface area contributed by atoms with Gasteiger partial charge in [0.15, 0.2) is 0 Å². The second-order valence-corrected chi connectivity index (χ2v) is 22.4. The molecule has 0 saturated heterocycles. The molecule has 36 heavy (non-hydrogen) atoms. The van der Waals surface area contributed by atoms with Crippen molar-refractivity contribution in [3.05, 3.63) is 0 Å². The first kappa shape index (κ1) is 36.4. The lowest BCUT2D eigenvalue weighted by Gasteiger charge is -2.48. The Kier molecular flexibility index (Phi) is 19.6. The zero-order valence-electron chi connectivity index (χ0n) is 25.6. The van der Waals surface area contributed by atoms with Crippen LogP contribution >= 0.6 is 0 Å². The zero-order valence-corrected chi connectivity index (χ0v) is 28.6.